The van der Waals surface area contributed by atoms with Crippen LogP contribution in [0.15, 0.2) is 28.8 Å². The minimum atomic E-state index is -0.190. The lowest BCUT2D eigenvalue weighted by atomic mass is 10.1. The molecule has 1 aliphatic rings. The highest BCUT2D eigenvalue weighted by molar-refractivity contribution is 5.97. The van der Waals surface area contributed by atoms with E-state index in [2.05, 4.69) is 10.5 Å². The average Bonchev–Trinajstić information content (AvgIpc) is 2.99. The molecule has 2 amide bonds. The molecule has 0 radical (unpaired) electrons. The predicted molar refractivity (Wildman–Crippen MR) is 95.1 cm³/mol. The number of amides is 2. The van der Waals surface area contributed by atoms with Gasteiger partial charge in [0.1, 0.15) is 11.5 Å². The van der Waals surface area contributed by atoms with Gasteiger partial charge in [0.25, 0.3) is 5.91 Å². The Bertz CT molecular complexity index is 809. The maximum Gasteiger partial charge on any atom is 0.257 e. The summed E-state index contributed by atoms with van der Waals surface area (Å²) < 4.78 is 4.91. The largest absolute Gasteiger partial charge is 0.507 e. The van der Waals surface area contributed by atoms with Gasteiger partial charge in [-0.05, 0) is 31.5 Å². The third-order valence-corrected chi connectivity index (χ3v) is 4.31. The highest BCUT2D eigenvalue weighted by atomic mass is 16.5. The second kappa shape index (κ2) is 7.57. The van der Waals surface area contributed by atoms with Crippen molar-refractivity contribution in [1.82, 2.24) is 15.0 Å². The topological polar surface area (TPSA) is 98.9 Å². The van der Waals surface area contributed by atoms with Gasteiger partial charge >= 0.3 is 0 Å². The first-order valence-electron chi connectivity index (χ1n) is 8.47. The zero-order valence-electron chi connectivity index (χ0n) is 14.9. The van der Waals surface area contributed by atoms with Crippen LogP contribution in [0.1, 0.15) is 21.7 Å². The summed E-state index contributed by atoms with van der Waals surface area (Å²) in [5, 5.41) is 16.4. The number of phenolic OH excluding ortho intramolecular Hbond substituents is 1. The maximum absolute atomic E-state index is 12.6. The lowest BCUT2D eigenvalue weighted by Crippen LogP contribution is -2.50. The molecule has 0 aliphatic carbocycles. The lowest BCUT2D eigenvalue weighted by Gasteiger charge is -2.34. The molecule has 1 aromatic carbocycles. The quantitative estimate of drug-likeness (QED) is 0.857. The monoisotopic (exact) mass is 358 g/mol. The van der Waals surface area contributed by atoms with Crippen molar-refractivity contribution in [2.75, 3.05) is 38.0 Å². The SMILES string of the molecule is Cc1ccc(C(=O)N2CCN(CC(=O)Nc3cc(C)on3)CC2)c(O)c1. The number of aromatic hydroxyl groups is 1. The summed E-state index contributed by atoms with van der Waals surface area (Å²) in [7, 11) is 0. The van der Waals surface area contributed by atoms with Crippen molar-refractivity contribution in [3.05, 3.63) is 41.2 Å². The second-order valence-electron chi connectivity index (χ2n) is 6.46. The standard InChI is InChI=1S/C18H22N4O4/c1-12-3-4-14(15(23)9-12)18(25)22-7-5-21(6-8-22)11-17(24)19-16-10-13(2)26-20-16/h3-4,9-10,23H,5-8,11H2,1-2H3,(H,19,20,24). The molecule has 0 atom stereocenters. The Labute approximate surface area is 151 Å². The molecule has 0 spiro atoms. The van der Waals surface area contributed by atoms with E-state index in [9.17, 15) is 14.7 Å². The molecule has 0 unspecified atom stereocenters. The molecule has 138 valence electrons. The van der Waals surface area contributed by atoms with Gasteiger partial charge in [0.2, 0.25) is 5.91 Å². The van der Waals surface area contributed by atoms with Gasteiger partial charge in [-0.3, -0.25) is 14.5 Å². The van der Waals surface area contributed by atoms with Crippen LogP contribution >= 0.6 is 0 Å². The molecule has 1 saturated heterocycles. The molecule has 2 N–H and O–H groups in total. The van der Waals surface area contributed by atoms with E-state index < -0.39 is 0 Å². The van der Waals surface area contributed by atoms with Crippen LogP contribution in [0.2, 0.25) is 0 Å². The van der Waals surface area contributed by atoms with E-state index in [1.807, 2.05) is 11.8 Å². The van der Waals surface area contributed by atoms with Crippen molar-refractivity contribution in [3.8, 4) is 5.75 Å². The van der Waals surface area contributed by atoms with Crippen LogP contribution in [-0.2, 0) is 4.79 Å². The number of hydrogen-bond donors (Lipinski definition) is 2. The number of phenols is 1. The van der Waals surface area contributed by atoms with Crippen LogP contribution in [0.4, 0.5) is 5.82 Å². The van der Waals surface area contributed by atoms with Gasteiger partial charge in [-0.15, -0.1) is 0 Å². The van der Waals surface area contributed by atoms with Crippen molar-refractivity contribution in [3.63, 3.8) is 0 Å². The Morgan fingerprint density at radius 1 is 1.19 bits per heavy atom. The minimum absolute atomic E-state index is 0.000266. The highest BCUT2D eigenvalue weighted by Crippen LogP contribution is 2.21. The molecule has 3 rings (SSSR count). The summed E-state index contributed by atoms with van der Waals surface area (Å²) >= 11 is 0. The second-order valence-corrected chi connectivity index (χ2v) is 6.46. The number of piperazine rings is 1. The van der Waals surface area contributed by atoms with Crippen LogP contribution in [-0.4, -0.2) is 64.6 Å². The Morgan fingerprint density at radius 2 is 1.92 bits per heavy atom. The van der Waals surface area contributed by atoms with Crippen molar-refractivity contribution in [2.45, 2.75) is 13.8 Å². The molecule has 8 heteroatoms. The highest BCUT2D eigenvalue weighted by Gasteiger charge is 2.25. The molecule has 1 aliphatic heterocycles. The van der Waals surface area contributed by atoms with Gasteiger partial charge in [0, 0.05) is 32.2 Å². The van der Waals surface area contributed by atoms with Gasteiger partial charge in [0.05, 0.1) is 12.1 Å². The molecule has 0 saturated carbocycles. The molecule has 2 aromatic rings. The Hall–Kier alpha value is -2.87. The van der Waals surface area contributed by atoms with Crippen LogP contribution < -0.4 is 5.32 Å². The first kappa shape index (κ1) is 17.9. The van der Waals surface area contributed by atoms with E-state index in [1.54, 1.807) is 36.1 Å². The zero-order valence-corrected chi connectivity index (χ0v) is 14.9. The summed E-state index contributed by atoms with van der Waals surface area (Å²) in [5.74, 6) is 0.668. The fourth-order valence-corrected chi connectivity index (χ4v) is 2.91. The average molecular weight is 358 g/mol. The Morgan fingerprint density at radius 3 is 2.54 bits per heavy atom. The number of carbonyl (C=O) groups excluding carboxylic acids is 2. The number of nitrogens with zero attached hydrogens (tertiary/aromatic N) is 3. The van der Waals surface area contributed by atoms with Crippen molar-refractivity contribution in [2.24, 2.45) is 0 Å². The van der Waals surface area contributed by atoms with E-state index in [0.717, 1.165) is 5.56 Å². The number of nitrogens with one attached hydrogen (secondary N) is 1. The molecule has 0 bridgehead atoms. The fraction of sp³-hybridized carbons (Fsp3) is 0.389. The molecule has 26 heavy (non-hydrogen) atoms. The smallest absolute Gasteiger partial charge is 0.257 e. The Balaban J connectivity index is 1.50. The number of anilines is 1. The number of benzene rings is 1. The summed E-state index contributed by atoms with van der Waals surface area (Å²) in [4.78, 5) is 28.3. The number of hydrogen-bond acceptors (Lipinski definition) is 6. The number of aromatic nitrogens is 1. The third-order valence-electron chi connectivity index (χ3n) is 4.31. The van der Waals surface area contributed by atoms with Crippen LogP contribution in [0, 0.1) is 13.8 Å². The van der Waals surface area contributed by atoms with Gasteiger partial charge < -0.3 is 19.8 Å². The van der Waals surface area contributed by atoms with E-state index in [1.165, 1.54) is 0 Å². The normalized spacial score (nSPS) is 15.1. The zero-order chi connectivity index (χ0) is 18.7. The summed E-state index contributed by atoms with van der Waals surface area (Å²) in [6.07, 6.45) is 0. The maximum atomic E-state index is 12.6. The van der Waals surface area contributed by atoms with Gasteiger partial charge in [-0.2, -0.15) is 0 Å². The number of rotatable bonds is 4. The van der Waals surface area contributed by atoms with E-state index in [4.69, 9.17) is 4.52 Å². The Kier molecular flexibility index (Phi) is 5.22. The van der Waals surface area contributed by atoms with Crippen LogP contribution in [0.3, 0.4) is 0 Å². The predicted octanol–water partition coefficient (Wildman–Crippen LogP) is 1.39. The summed E-state index contributed by atoms with van der Waals surface area (Å²) in [5.41, 5.74) is 1.21. The van der Waals surface area contributed by atoms with Crippen molar-refractivity contribution in [1.29, 1.82) is 0 Å². The molecule has 1 fully saturated rings. The lowest BCUT2D eigenvalue weighted by molar-refractivity contribution is -0.117. The summed E-state index contributed by atoms with van der Waals surface area (Å²) in [6.45, 7) is 6.02. The number of carbonyl (C=O) groups is 2. The van der Waals surface area contributed by atoms with Gasteiger partial charge in [-0.1, -0.05) is 11.2 Å². The molecular weight excluding hydrogens is 336 g/mol. The van der Waals surface area contributed by atoms with Gasteiger partial charge in [-0.25, -0.2) is 0 Å². The number of aryl methyl sites for hydroxylation is 2. The minimum Gasteiger partial charge on any atom is -0.507 e. The fourth-order valence-electron chi connectivity index (χ4n) is 2.91. The molecule has 2 heterocycles. The molecular formula is C18H22N4O4. The summed E-state index contributed by atoms with van der Waals surface area (Å²) in [6, 6.07) is 6.69. The van der Waals surface area contributed by atoms with Crippen LogP contribution in [0.5, 0.6) is 5.75 Å². The first-order chi connectivity index (χ1) is 12.4. The van der Waals surface area contributed by atoms with Crippen molar-refractivity contribution >= 4 is 17.6 Å². The molecule has 8 nitrogen and oxygen atoms in total. The van der Waals surface area contributed by atoms with Crippen LogP contribution in [0.25, 0.3) is 0 Å². The van der Waals surface area contributed by atoms with E-state index in [0.29, 0.717) is 43.3 Å². The molecule has 1 aromatic heterocycles. The van der Waals surface area contributed by atoms with Crippen molar-refractivity contribution < 1.29 is 19.2 Å². The first-order valence-corrected chi connectivity index (χ1v) is 8.47. The van der Waals surface area contributed by atoms with Gasteiger partial charge in [0.15, 0.2) is 5.82 Å². The van der Waals surface area contributed by atoms with E-state index in [-0.39, 0.29) is 24.1 Å². The van der Waals surface area contributed by atoms with E-state index >= 15 is 0 Å². The third kappa shape index (κ3) is 4.20.